The van der Waals surface area contributed by atoms with E-state index >= 15 is 0 Å². The standard InChI is InChI=1S/C11H14N2SSi/c1-15(2,3)7-5-10-4-6-13-11(8-10)9-12-14-13/h4,6,8-9,12H,1-3H3. The summed E-state index contributed by atoms with van der Waals surface area (Å²) in [4.78, 5) is 0. The van der Waals surface area contributed by atoms with Gasteiger partial charge in [0, 0.05) is 18.0 Å². The summed E-state index contributed by atoms with van der Waals surface area (Å²) in [7, 11) is -1.26. The molecule has 0 bridgehead atoms. The van der Waals surface area contributed by atoms with Crippen molar-refractivity contribution in [3.05, 3.63) is 35.8 Å². The van der Waals surface area contributed by atoms with Gasteiger partial charge < -0.3 is 4.72 Å². The molecule has 0 spiro atoms. The molecule has 0 saturated heterocycles. The molecule has 2 heterocycles. The molecule has 0 aromatic rings. The van der Waals surface area contributed by atoms with Gasteiger partial charge in [0.15, 0.2) is 0 Å². The Balaban J connectivity index is 2.18. The second kappa shape index (κ2) is 3.84. The third kappa shape index (κ3) is 2.71. The molecular formula is C11H14N2SSi. The lowest BCUT2D eigenvalue weighted by Crippen LogP contribution is -2.16. The van der Waals surface area contributed by atoms with Gasteiger partial charge in [-0.15, -0.1) is 5.54 Å². The van der Waals surface area contributed by atoms with Crippen molar-refractivity contribution in [2.45, 2.75) is 19.6 Å². The molecule has 15 heavy (non-hydrogen) atoms. The predicted molar refractivity (Wildman–Crippen MR) is 69.0 cm³/mol. The first-order valence-electron chi connectivity index (χ1n) is 4.90. The van der Waals surface area contributed by atoms with Crippen LogP contribution in [0, 0.1) is 11.5 Å². The maximum Gasteiger partial charge on any atom is 0.129 e. The van der Waals surface area contributed by atoms with Crippen LogP contribution in [0.25, 0.3) is 0 Å². The molecule has 4 heteroatoms. The summed E-state index contributed by atoms with van der Waals surface area (Å²) in [6.07, 6.45) is 8.21. The molecule has 0 aromatic carbocycles. The highest BCUT2D eigenvalue weighted by atomic mass is 32.2. The predicted octanol–water partition coefficient (Wildman–Crippen LogP) is 2.63. The average molecular weight is 234 g/mol. The number of hydrogen-bond acceptors (Lipinski definition) is 3. The third-order valence-corrected chi connectivity index (χ3v) is 3.51. The van der Waals surface area contributed by atoms with E-state index in [2.05, 4.69) is 52.3 Å². The minimum atomic E-state index is -1.26. The van der Waals surface area contributed by atoms with Gasteiger partial charge in [-0.3, -0.25) is 4.31 Å². The van der Waals surface area contributed by atoms with Crippen molar-refractivity contribution in [1.29, 1.82) is 0 Å². The summed E-state index contributed by atoms with van der Waals surface area (Å²) in [5.41, 5.74) is 5.64. The van der Waals surface area contributed by atoms with E-state index in [0.717, 1.165) is 5.57 Å². The van der Waals surface area contributed by atoms with Crippen LogP contribution in [0.3, 0.4) is 0 Å². The molecule has 1 N–H and O–H groups in total. The summed E-state index contributed by atoms with van der Waals surface area (Å²) >= 11 is 1.57. The zero-order chi connectivity index (χ0) is 10.9. The van der Waals surface area contributed by atoms with E-state index in [4.69, 9.17) is 0 Å². The van der Waals surface area contributed by atoms with Crippen molar-refractivity contribution in [3.8, 4) is 11.5 Å². The van der Waals surface area contributed by atoms with E-state index < -0.39 is 8.07 Å². The average Bonchev–Trinajstić information content (AvgIpc) is 2.60. The maximum atomic E-state index is 3.37. The summed E-state index contributed by atoms with van der Waals surface area (Å²) in [5, 5.41) is 0. The lowest BCUT2D eigenvalue weighted by Gasteiger charge is -2.15. The van der Waals surface area contributed by atoms with Crippen molar-refractivity contribution in [2.24, 2.45) is 0 Å². The van der Waals surface area contributed by atoms with Gasteiger partial charge >= 0.3 is 0 Å². The Morgan fingerprint density at radius 3 is 2.93 bits per heavy atom. The Morgan fingerprint density at radius 2 is 2.20 bits per heavy atom. The normalized spacial score (nSPS) is 18.5. The molecule has 0 aromatic heterocycles. The van der Waals surface area contributed by atoms with Crippen molar-refractivity contribution in [3.63, 3.8) is 0 Å². The van der Waals surface area contributed by atoms with E-state index in [1.165, 1.54) is 5.70 Å². The van der Waals surface area contributed by atoms with E-state index in [1.807, 2.05) is 12.4 Å². The van der Waals surface area contributed by atoms with Crippen LogP contribution in [0.5, 0.6) is 0 Å². The molecule has 2 aliphatic heterocycles. The zero-order valence-electron chi connectivity index (χ0n) is 9.16. The first kappa shape index (κ1) is 10.5. The van der Waals surface area contributed by atoms with Crippen LogP contribution in [0.2, 0.25) is 19.6 Å². The van der Waals surface area contributed by atoms with Gasteiger partial charge in [-0.25, -0.2) is 0 Å². The first-order chi connectivity index (χ1) is 7.04. The third-order valence-electron chi connectivity index (χ3n) is 1.89. The number of nitrogens with zero attached hydrogens (tertiary/aromatic N) is 1. The summed E-state index contributed by atoms with van der Waals surface area (Å²) in [5.74, 6) is 3.26. The summed E-state index contributed by atoms with van der Waals surface area (Å²) in [6, 6.07) is 0. The van der Waals surface area contributed by atoms with E-state index in [1.54, 1.807) is 12.1 Å². The lowest BCUT2D eigenvalue weighted by molar-refractivity contribution is 0.804. The lowest BCUT2D eigenvalue weighted by atomic mass is 10.2. The fourth-order valence-electron chi connectivity index (χ4n) is 1.17. The molecule has 0 unspecified atom stereocenters. The highest BCUT2D eigenvalue weighted by molar-refractivity contribution is 7.95. The molecule has 2 aliphatic rings. The molecule has 2 nitrogen and oxygen atoms in total. The molecule has 0 aliphatic carbocycles. The smallest absolute Gasteiger partial charge is 0.129 e. The zero-order valence-corrected chi connectivity index (χ0v) is 11.0. The first-order valence-corrected chi connectivity index (χ1v) is 9.17. The monoisotopic (exact) mass is 234 g/mol. The molecule has 0 atom stereocenters. The van der Waals surface area contributed by atoms with E-state index in [9.17, 15) is 0 Å². The second-order valence-electron chi connectivity index (χ2n) is 4.52. The summed E-state index contributed by atoms with van der Waals surface area (Å²) in [6.45, 7) is 6.77. The van der Waals surface area contributed by atoms with Crippen LogP contribution in [0.4, 0.5) is 0 Å². The van der Waals surface area contributed by atoms with Gasteiger partial charge in [0.25, 0.3) is 0 Å². The van der Waals surface area contributed by atoms with Crippen LogP contribution >= 0.6 is 12.1 Å². The number of nitrogens with one attached hydrogen (secondary N) is 1. The SMILES string of the molecule is C[Si](C)(C)C#CC1=CC2=CNSN2C=C1. The molecule has 78 valence electrons. The fraction of sp³-hybridized carbons (Fsp3) is 0.273. The maximum absolute atomic E-state index is 3.37. The number of fused-ring (bicyclic) bond motifs is 1. The van der Waals surface area contributed by atoms with Crippen LogP contribution < -0.4 is 4.72 Å². The molecule has 0 fully saturated rings. The highest BCUT2D eigenvalue weighted by Crippen LogP contribution is 2.27. The van der Waals surface area contributed by atoms with Crippen molar-refractivity contribution >= 4 is 20.2 Å². The van der Waals surface area contributed by atoms with Gasteiger partial charge in [-0.2, -0.15) is 0 Å². The Morgan fingerprint density at radius 1 is 1.40 bits per heavy atom. The number of hydrogen-bond donors (Lipinski definition) is 1. The van der Waals surface area contributed by atoms with Crippen LogP contribution in [-0.2, 0) is 0 Å². The van der Waals surface area contributed by atoms with Crippen molar-refractivity contribution in [2.75, 3.05) is 0 Å². The Labute approximate surface area is 96.4 Å². The fourth-order valence-corrected chi connectivity index (χ4v) is 2.31. The van der Waals surface area contributed by atoms with Gasteiger partial charge in [0.1, 0.15) is 8.07 Å². The van der Waals surface area contributed by atoms with E-state index in [-0.39, 0.29) is 0 Å². The largest absolute Gasteiger partial charge is 0.316 e. The quantitative estimate of drug-likeness (QED) is 0.394. The number of allylic oxidation sites excluding steroid dienone is 3. The molecule has 2 rings (SSSR count). The number of rotatable bonds is 0. The molecule has 0 radical (unpaired) electrons. The Bertz CT molecular complexity index is 418. The summed E-state index contributed by atoms with van der Waals surface area (Å²) < 4.78 is 5.19. The van der Waals surface area contributed by atoms with Crippen LogP contribution in [-0.4, -0.2) is 12.4 Å². The Kier molecular flexibility index (Phi) is 2.68. The van der Waals surface area contributed by atoms with Crippen LogP contribution in [0.1, 0.15) is 0 Å². The minimum absolute atomic E-state index is 1.10. The molecule has 0 saturated carbocycles. The van der Waals surface area contributed by atoms with Gasteiger partial charge in [0.05, 0.1) is 17.8 Å². The second-order valence-corrected chi connectivity index (χ2v) is 10.1. The van der Waals surface area contributed by atoms with Gasteiger partial charge in [0.2, 0.25) is 0 Å². The highest BCUT2D eigenvalue weighted by Gasteiger charge is 2.15. The van der Waals surface area contributed by atoms with Crippen LogP contribution in [0.15, 0.2) is 35.8 Å². The van der Waals surface area contributed by atoms with Crippen molar-refractivity contribution < 1.29 is 0 Å². The molecule has 0 amide bonds. The van der Waals surface area contributed by atoms with Crippen molar-refractivity contribution in [1.82, 2.24) is 9.03 Å². The van der Waals surface area contributed by atoms with Gasteiger partial charge in [-0.05, 0) is 12.2 Å². The Hall–Kier alpha value is -1.05. The molecular weight excluding hydrogens is 220 g/mol. The van der Waals surface area contributed by atoms with E-state index in [0.29, 0.717) is 0 Å². The van der Waals surface area contributed by atoms with Gasteiger partial charge in [-0.1, -0.05) is 25.6 Å². The topological polar surface area (TPSA) is 15.3 Å². The minimum Gasteiger partial charge on any atom is -0.316 e.